The lowest BCUT2D eigenvalue weighted by molar-refractivity contribution is -0.117. The Morgan fingerprint density at radius 1 is 1.40 bits per heavy atom. The summed E-state index contributed by atoms with van der Waals surface area (Å²) in [6.45, 7) is 1.93. The van der Waals surface area contributed by atoms with Gasteiger partial charge in [-0.2, -0.15) is 0 Å². The zero-order valence-electron chi connectivity index (χ0n) is 13.6. The molecule has 1 aliphatic carbocycles. The maximum atomic E-state index is 14.2. The number of rotatable bonds is 4. The predicted molar refractivity (Wildman–Crippen MR) is 97.1 cm³/mol. The molecule has 2 aromatic carbocycles. The Kier molecular flexibility index (Phi) is 4.01. The zero-order chi connectivity index (χ0) is 17.6. The Labute approximate surface area is 148 Å². The predicted octanol–water partition coefficient (Wildman–Crippen LogP) is 3.98. The average Bonchev–Trinajstić information content (AvgIpc) is 3.27. The average molecular weight is 356 g/mol. The van der Waals surface area contributed by atoms with Crippen molar-refractivity contribution < 1.29 is 14.3 Å². The second-order valence-corrected chi connectivity index (χ2v) is 7.44. The van der Waals surface area contributed by atoms with E-state index in [1.807, 2.05) is 31.2 Å². The Bertz CT molecular complexity index is 949. The molecular weight excluding hydrogens is 339 g/mol. The summed E-state index contributed by atoms with van der Waals surface area (Å²) in [5.41, 5.74) is 3.04. The van der Waals surface area contributed by atoms with Crippen molar-refractivity contribution in [1.29, 1.82) is 0 Å². The zero-order valence-corrected chi connectivity index (χ0v) is 14.4. The minimum absolute atomic E-state index is 0.0449. The number of anilines is 1. The molecule has 0 bridgehead atoms. The number of benzene rings is 2. The van der Waals surface area contributed by atoms with Gasteiger partial charge in [0.05, 0.1) is 10.2 Å². The first-order chi connectivity index (χ1) is 12.1. The van der Waals surface area contributed by atoms with Crippen LogP contribution in [0.15, 0.2) is 36.4 Å². The van der Waals surface area contributed by atoms with Gasteiger partial charge in [0.1, 0.15) is 5.82 Å². The van der Waals surface area contributed by atoms with E-state index in [0.717, 1.165) is 27.8 Å². The Hall–Kier alpha value is -2.31. The van der Waals surface area contributed by atoms with Crippen LogP contribution < -0.4 is 5.32 Å². The van der Waals surface area contributed by atoms with E-state index in [-0.39, 0.29) is 30.2 Å². The largest absolute Gasteiger partial charge is 0.396 e. The van der Waals surface area contributed by atoms with Crippen molar-refractivity contribution in [2.24, 2.45) is 11.8 Å². The van der Waals surface area contributed by atoms with Gasteiger partial charge in [0.2, 0.25) is 5.91 Å². The Morgan fingerprint density at radius 2 is 2.24 bits per heavy atom. The van der Waals surface area contributed by atoms with Crippen molar-refractivity contribution in [2.45, 2.75) is 13.3 Å². The van der Waals surface area contributed by atoms with Gasteiger partial charge in [0.25, 0.3) is 0 Å². The van der Waals surface area contributed by atoms with Gasteiger partial charge >= 0.3 is 0 Å². The first kappa shape index (κ1) is 16.2. The minimum atomic E-state index is -0.249. The number of carbonyl (C=O) groups is 1. The molecule has 0 radical (unpaired) electrons. The number of halogens is 1. The molecule has 128 valence electrons. The highest BCUT2D eigenvalue weighted by atomic mass is 32.1. The number of aromatic nitrogens is 1. The third-order valence-corrected chi connectivity index (χ3v) is 5.56. The number of nitrogens with one attached hydrogen (secondary N) is 1. The standard InChI is InChI=1S/C19H17FN2O2S/c1-10-3-2-4-14(20)17(10)11-5-6-15-16(8-11)25-19(21-15)22-18(24)13-7-12(13)9-23/h2-6,8,12-13,23H,7,9H2,1H3,(H,21,22,24)/t12?,13-/m0/s1. The Morgan fingerprint density at radius 3 is 2.96 bits per heavy atom. The van der Waals surface area contributed by atoms with Crippen molar-refractivity contribution >= 4 is 32.6 Å². The van der Waals surface area contributed by atoms with Crippen molar-refractivity contribution in [2.75, 3.05) is 11.9 Å². The fourth-order valence-electron chi connectivity index (χ4n) is 3.10. The molecule has 0 saturated heterocycles. The SMILES string of the molecule is Cc1cccc(F)c1-c1ccc2nc(NC(=O)[C@H]3CC3CO)sc2c1. The van der Waals surface area contributed by atoms with Gasteiger partial charge in [-0.05, 0) is 48.6 Å². The molecule has 2 atom stereocenters. The van der Waals surface area contributed by atoms with Crippen LogP contribution in [-0.4, -0.2) is 22.6 Å². The summed E-state index contributed by atoms with van der Waals surface area (Å²) >= 11 is 1.37. The first-order valence-corrected chi connectivity index (χ1v) is 8.96. The third-order valence-electron chi connectivity index (χ3n) is 4.62. The van der Waals surface area contributed by atoms with Crippen LogP contribution in [0.5, 0.6) is 0 Å². The summed E-state index contributed by atoms with van der Waals surface area (Å²) in [4.78, 5) is 16.5. The summed E-state index contributed by atoms with van der Waals surface area (Å²) in [6.07, 6.45) is 0.726. The lowest BCUT2D eigenvalue weighted by Crippen LogP contribution is -2.15. The third kappa shape index (κ3) is 3.03. The van der Waals surface area contributed by atoms with Crippen LogP contribution in [0.1, 0.15) is 12.0 Å². The number of thiazole rings is 1. The van der Waals surface area contributed by atoms with Gasteiger partial charge in [-0.3, -0.25) is 4.79 Å². The molecule has 25 heavy (non-hydrogen) atoms. The summed E-state index contributed by atoms with van der Waals surface area (Å²) in [5, 5.41) is 12.4. The Balaban J connectivity index is 1.63. The van der Waals surface area contributed by atoms with Gasteiger partial charge < -0.3 is 10.4 Å². The highest BCUT2D eigenvalue weighted by molar-refractivity contribution is 7.22. The monoisotopic (exact) mass is 356 g/mol. The number of aryl methyl sites for hydroxylation is 1. The summed E-state index contributed by atoms with van der Waals surface area (Å²) in [7, 11) is 0. The first-order valence-electron chi connectivity index (χ1n) is 8.14. The molecule has 0 spiro atoms. The molecule has 1 aromatic heterocycles. The van der Waals surface area contributed by atoms with E-state index in [2.05, 4.69) is 10.3 Å². The lowest BCUT2D eigenvalue weighted by Gasteiger charge is -2.07. The van der Waals surface area contributed by atoms with Gasteiger partial charge in [-0.1, -0.05) is 29.5 Å². The summed E-state index contributed by atoms with van der Waals surface area (Å²) in [5.74, 6) is -0.386. The molecule has 6 heteroatoms. The number of amides is 1. The van der Waals surface area contributed by atoms with Crippen LogP contribution in [0.2, 0.25) is 0 Å². The topological polar surface area (TPSA) is 62.2 Å². The molecule has 1 amide bonds. The van der Waals surface area contributed by atoms with Gasteiger partial charge in [0.15, 0.2) is 5.13 Å². The second kappa shape index (κ2) is 6.20. The second-order valence-electron chi connectivity index (χ2n) is 6.41. The highest BCUT2D eigenvalue weighted by Crippen LogP contribution is 2.39. The molecule has 1 aliphatic rings. The molecule has 2 N–H and O–H groups in total. The molecule has 1 unspecified atom stereocenters. The van der Waals surface area contributed by atoms with E-state index in [4.69, 9.17) is 5.11 Å². The highest BCUT2D eigenvalue weighted by Gasteiger charge is 2.42. The van der Waals surface area contributed by atoms with E-state index < -0.39 is 0 Å². The molecule has 4 rings (SSSR count). The van der Waals surface area contributed by atoms with Crippen LogP contribution in [0.4, 0.5) is 9.52 Å². The number of fused-ring (bicyclic) bond motifs is 1. The van der Waals surface area contributed by atoms with Gasteiger partial charge in [0, 0.05) is 18.1 Å². The molecule has 4 nitrogen and oxygen atoms in total. The molecule has 3 aromatic rings. The van der Waals surface area contributed by atoms with Gasteiger partial charge in [-0.25, -0.2) is 9.37 Å². The van der Waals surface area contributed by atoms with Crippen LogP contribution in [0, 0.1) is 24.6 Å². The van der Waals surface area contributed by atoms with E-state index in [1.54, 1.807) is 6.07 Å². The number of aliphatic hydroxyl groups excluding tert-OH is 1. The van der Waals surface area contributed by atoms with Crippen molar-refractivity contribution in [3.05, 3.63) is 47.8 Å². The van der Waals surface area contributed by atoms with E-state index >= 15 is 0 Å². The molecule has 1 saturated carbocycles. The fourth-order valence-corrected chi connectivity index (χ4v) is 4.01. The fraction of sp³-hybridized carbons (Fsp3) is 0.263. The lowest BCUT2D eigenvalue weighted by atomic mass is 10.00. The molecule has 1 fully saturated rings. The van der Waals surface area contributed by atoms with E-state index in [0.29, 0.717) is 10.7 Å². The number of hydrogen-bond acceptors (Lipinski definition) is 4. The smallest absolute Gasteiger partial charge is 0.229 e. The number of nitrogens with zero attached hydrogens (tertiary/aromatic N) is 1. The molecule has 0 aliphatic heterocycles. The quantitative estimate of drug-likeness (QED) is 0.743. The van der Waals surface area contributed by atoms with Crippen molar-refractivity contribution in [3.63, 3.8) is 0 Å². The maximum Gasteiger partial charge on any atom is 0.229 e. The minimum Gasteiger partial charge on any atom is -0.396 e. The molecule has 1 heterocycles. The summed E-state index contributed by atoms with van der Waals surface area (Å²) in [6, 6.07) is 10.6. The number of carbonyl (C=O) groups excluding carboxylic acids is 1. The van der Waals surface area contributed by atoms with Crippen LogP contribution in [-0.2, 0) is 4.79 Å². The van der Waals surface area contributed by atoms with Crippen LogP contribution in [0.25, 0.3) is 21.3 Å². The van der Waals surface area contributed by atoms with Crippen molar-refractivity contribution in [1.82, 2.24) is 4.98 Å². The normalized spacial score (nSPS) is 19.2. The van der Waals surface area contributed by atoms with Crippen molar-refractivity contribution in [3.8, 4) is 11.1 Å². The van der Waals surface area contributed by atoms with Gasteiger partial charge in [-0.15, -0.1) is 0 Å². The van der Waals surface area contributed by atoms with Crippen LogP contribution in [0.3, 0.4) is 0 Å². The molecular formula is C19H17FN2O2S. The summed E-state index contributed by atoms with van der Waals surface area (Å²) < 4.78 is 15.1. The number of aliphatic hydroxyl groups is 1. The number of hydrogen-bond donors (Lipinski definition) is 2. The van der Waals surface area contributed by atoms with E-state index in [9.17, 15) is 9.18 Å². The van der Waals surface area contributed by atoms with Crippen LogP contribution >= 0.6 is 11.3 Å². The van der Waals surface area contributed by atoms with E-state index in [1.165, 1.54) is 17.4 Å². The maximum absolute atomic E-state index is 14.2.